The predicted molar refractivity (Wildman–Crippen MR) is 39.9 cm³/mol. The first-order chi connectivity index (χ1) is 3.91. The van der Waals surface area contributed by atoms with Crippen LogP contribution < -0.4 is 11.1 Å². The first-order valence-electron chi connectivity index (χ1n) is 3.12. The molecule has 3 N–H and O–H groups in total. The molecule has 0 fully saturated rings. The number of hydrogen-bond acceptors (Lipinski definition) is 2. The van der Waals surface area contributed by atoms with E-state index in [1.165, 1.54) is 12.5 Å². The van der Waals surface area contributed by atoms with E-state index in [0.717, 1.165) is 19.6 Å². The largest absolute Gasteiger partial charge is 0.329 e. The minimum atomic E-state index is 0.756. The molecule has 0 aromatic rings. The zero-order valence-electron chi connectivity index (χ0n) is 5.32. The quantitative estimate of drug-likeness (QED) is 0.370. The Morgan fingerprint density at radius 3 is 2.62 bits per heavy atom. The van der Waals surface area contributed by atoms with Crippen LogP contribution in [-0.2, 0) is 0 Å². The molecule has 0 unspecified atom stereocenters. The van der Waals surface area contributed by atoms with Gasteiger partial charge in [-0.3, -0.25) is 10.2 Å². The maximum Gasteiger partial charge on any atom is 0.00744 e. The van der Waals surface area contributed by atoms with Crippen molar-refractivity contribution < 1.29 is 0 Å². The van der Waals surface area contributed by atoms with Crippen LogP contribution in [0.1, 0.15) is 6.42 Å². The molecule has 0 saturated heterocycles. The molecule has 0 spiro atoms. The highest BCUT2D eigenvalue weighted by Crippen LogP contribution is 1.78. The summed E-state index contributed by atoms with van der Waals surface area (Å²) < 4.78 is 0. The summed E-state index contributed by atoms with van der Waals surface area (Å²) in [5.74, 6) is 0. The molecule has 0 heterocycles. The van der Waals surface area contributed by atoms with Gasteiger partial charge in [0.2, 0.25) is 0 Å². The molecule has 0 radical (unpaired) electrons. The summed E-state index contributed by atoms with van der Waals surface area (Å²) in [6, 6.07) is 1.29. The van der Waals surface area contributed by atoms with E-state index in [9.17, 15) is 0 Å². The first kappa shape index (κ1) is 8.14. The standard InChI is InChI=1S/C5H15N2Si/c6-2-4-7-3-1-5-8/h7H,1-6,8H2/q-1. The van der Waals surface area contributed by atoms with Crippen LogP contribution in [0.3, 0.4) is 0 Å². The highest BCUT2D eigenvalue weighted by atomic mass is 28.1. The Bertz CT molecular complexity index is 35.4. The smallest absolute Gasteiger partial charge is 0.00744 e. The average molecular weight is 131 g/mol. The monoisotopic (exact) mass is 131 g/mol. The zero-order valence-corrected chi connectivity index (χ0v) is 6.73. The summed E-state index contributed by atoms with van der Waals surface area (Å²) in [6.45, 7) is 2.84. The Balaban J connectivity index is 2.53. The molecule has 0 rings (SSSR count). The fraction of sp³-hybridized carbons (Fsp3) is 1.00. The van der Waals surface area contributed by atoms with E-state index < -0.39 is 0 Å². The third-order valence-corrected chi connectivity index (χ3v) is 1.42. The van der Waals surface area contributed by atoms with Gasteiger partial charge in [-0.2, -0.15) is 6.04 Å². The molecule has 0 amide bonds. The van der Waals surface area contributed by atoms with Crippen LogP contribution in [0.5, 0.6) is 0 Å². The molecule has 0 aliphatic carbocycles. The molecule has 3 heteroatoms. The predicted octanol–water partition coefficient (Wildman–Crippen LogP) is -1.02. The van der Waals surface area contributed by atoms with Crippen molar-refractivity contribution >= 4 is 10.2 Å². The van der Waals surface area contributed by atoms with E-state index in [4.69, 9.17) is 5.73 Å². The Morgan fingerprint density at radius 1 is 1.38 bits per heavy atom. The molecule has 0 saturated carbocycles. The lowest BCUT2D eigenvalue weighted by Gasteiger charge is -2.00. The van der Waals surface area contributed by atoms with Gasteiger partial charge in [0.15, 0.2) is 0 Å². The van der Waals surface area contributed by atoms with E-state index in [1.54, 1.807) is 0 Å². The number of nitrogens with one attached hydrogen (secondary N) is 1. The van der Waals surface area contributed by atoms with Crippen molar-refractivity contribution in [2.75, 3.05) is 19.6 Å². The minimum Gasteiger partial charge on any atom is -0.329 e. The highest BCUT2D eigenvalue weighted by molar-refractivity contribution is 6.08. The topological polar surface area (TPSA) is 38.0 Å². The molecular weight excluding hydrogens is 116 g/mol. The molecule has 0 bridgehead atoms. The molecular formula is C5H15N2Si-. The number of rotatable bonds is 5. The lowest BCUT2D eigenvalue weighted by atomic mass is 10.5. The van der Waals surface area contributed by atoms with Crippen molar-refractivity contribution in [2.24, 2.45) is 5.73 Å². The van der Waals surface area contributed by atoms with E-state index in [2.05, 4.69) is 5.32 Å². The third-order valence-electron chi connectivity index (χ3n) is 0.925. The summed E-state index contributed by atoms with van der Waals surface area (Å²) in [5, 5.41) is 3.22. The summed E-state index contributed by atoms with van der Waals surface area (Å²) in [5.41, 5.74) is 5.25. The minimum absolute atomic E-state index is 0.756. The summed E-state index contributed by atoms with van der Waals surface area (Å²) >= 11 is 0. The molecule has 50 valence electrons. The first-order valence-corrected chi connectivity index (χ1v) is 4.12. The molecule has 2 nitrogen and oxygen atoms in total. The molecule has 0 atom stereocenters. The van der Waals surface area contributed by atoms with Gasteiger partial charge in [-0.1, -0.05) is 6.42 Å². The second-order valence-corrected chi connectivity index (χ2v) is 2.45. The Kier molecular flexibility index (Phi) is 7.26. The van der Waals surface area contributed by atoms with Gasteiger partial charge in [-0.15, -0.1) is 0 Å². The second-order valence-electron chi connectivity index (χ2n) is 1.75. The van der Waals surface area contributed by atoms with Gasteiger partial charge in [0.05, 0.1) is 0 Å². The van der Waals surface area contributed by atoms with Crippen molar-refractivity contribution in [1.29, 1.82) is 0 Å². The average Bonchev–Trinajstić information content (AvgIpc) is 1.81. The van der Waals surface area contributed by atoms with Crippen LogP contribution in [-0.4, -0.2) is 29.9 Å². The fourth-order valence-corrected chi connectivity index (χ4v) is 0.727. The summed E-state index contributed by atoms with van der Waals surface area (Å²) in [7, 11) is 2.01. The van der Waals surface area contributed by atoms with Crippen molar-refractivity contribution in [2.45, 2.75) is 12.5 Å². The van der Waals surface area contributed by atoms with E-state index in [0.29, 0.717) is 0 Å². The lowest BCUT2D eigenvalue weighted by Crippen LogP contribution is -2.23. The Morgan fingerprint density at radius 2 is 2.12 bits per heavy atom. The SMILES string of the molecule is NCCNCCC[SiH2-]. The van der Waals surface area contributed by atoms with Crippen LogP contribution >= 0.6 is 0 Å². The van der Waals surface area contributed by atoms with Gasteiger partial charge in [0.25, 0.3) is 0 Å². The van der Waals surface area contributed by atoms with Crippen molar-refractivity contribution in [1.82, 2.24) is 5.32 Å². The summed E-state index contributed by atoms with van der Waals surface area (Å²) in [6.07, 6.45) is 1.28. The van der Waals surface area contributed by atoms with Crippen molar-refractivity contribution in [3.63, 3.8) is 0 Å². The lowest BCUT2D eigenvalue weighted by molar-refractivity contribution is 0.678. The number of nitrogens with two attached hydrogens (primary N) is 1. The molecule has 8 heavy (non-hydrogen) atoms. The Hall–Kier alpha value is 0.137. The van der Waals surface area contributed by atoms with Crippen LogP contribution in [0.25, 0.3) is 0 Å². The molecule has 0 aliphatic heterocycles. The maximum absolute atomic E-state index is 5.25. The normalized spacial score (nSPS) is 9.75. The zero-order chi connectivity index (χ0) is 6.24. The highest BCUT2D eigenvalue weighted by Gasteiger charge is 1.78. The molecule has 0 aromatic carbocycles. The van der Waals surface area contributed by atoms with E-state index in [1.807, 2.05) is 10.2 Å². The molecule has 0 aliphatic rings. The van der Waals surface area contributed by atoms with E-state index in [-0.39, 0.29) is 0 Å². The van der Waals surface area contributed by atoms with Gasteiger partial charge >= 0.3 is 0 Å². The summed E-state index contributed by atoms with van der Waals surface area (Å²) in [4.78, 5) is 0. The van der Waals surface area contributed by atoms with Crippen molar-refractivity contribution in [3.05, 3.63) is 0 Å². The van der Waals surface area contributed by atoms with Crippen LogP contribution in [0.15, 0.2) is 0 Å². The second kappa shape index (κ2) is 7.14. The van der Waals surface area contributed by atoms with Gasteiger partial charge in [0.1, 0.15) is 0 Å². The van der Waals surface area contributed by atoms with Crippen LogP contribution in [0.2, 0.25) is 6.04 Å². The maximum atomic E-state index is 5.25. The van der Waals surface area contributed by atoms with Gasteiger partial charge in [-0.25, -0.2) is 0 Å². The van der Waals surface area contributed by atoms with Gasteiger partial charge in [-0.05, 0) is 6.54 Å². The van der Waals surface area contributed by atoms with Crippen molar-refractivity contribution in [3.8, 4) is 0 Å². The Labute approximate surface area is 54.3 Å². The van der Waals surface area contributed by atoms with Gasteiger partial charge in [0, 0.05) is 13.1 Å². The van der Waals surface area contributed by atoms with Crippen LogP contribution in [0, 0.1) is 0 Å². The van der Waals surface area contributed by atoms with Crippen LogP contribution in [0.4, 0.5) is 0 Å². The third kappa shape index (κ3) is 6.14. The molecule has 0 aromatic heterocycles. The van der Waals surface area contributed by atoms with E-state index >= 15 is 0 Å². The number of hydrogen-bond donors (Lipinski definition) is 2. The fourth-order valence-electron chi connectivity index (χ4n) is 0.477. The van der Waals surface area contributed by atoms with Gasteiger partial charge < -0.3 is 11.1 Å².